The first kappa shape index (κ1) is 48.9. The molecular formula is C54H52BBrF4N4O6. The number of carbonyl (C=O) groups is 4. The number of carbonyl (C=O) groups excluding carboxylic acids is 4. The van der Waals surface area contributed by atoms with Gasteiger partial charge in [0.05, 0.1) is 11.2 Å². The fraction of sp³-hybridized carbons (Fsp3) is 0.333. The van der Waals surface area contributed by atoms with Crippen LogP contribution < -0.4 is 16.1 Å². The number of benzene rings is 6. The zero-order valence-corrected chi connectivity index (χ0v) is 40.9. The maximum absolute atomic E-state index is 13.4. The molecule has 70 heavy (non-hydrogen) atoms. The Bertz CT molecular complexity index is 3040. The molecule has 0 bridgehead atoms. The van der Waals surface area contributed by atoms with E-state index in [1.807, 2.05) is 125 Å². The molecule has 11 rings (SSSR count). The summed E-state index contributed by atoms with van der Waals surface area (Å²) in [4.78, 5) is 51.6. The van der Waals surface area contributed by atoms with Gasteiger partial charge in [-0.3, -0.25) is 19.2 Å². The lowest BCUT2D eigenvalue weighted by Gasteiger charge is -2.32. The maximum atomic E-state index is 13.4. The molecule has 2 N–H and O–H groups in total. The van der Waals surface area contributed by atoms with Crippen molar-refractivity contribution < 1.29 is 46.0 Å². The summed E-state index contributed by atoms with van der Waals surface area (Å²) in [6, 6.07) is 34.2. The van der Waals surface area contributed by atoms with E-state index >= 15 is 0 Å². The van der Waals surface area contributed by atoms with Crippen LogP contribution in [-0.2, 0) is 22.4 Å². The summed E-state index contributed by atoms with van der Waals surface area (Å²) >= 11 is 3.47. The lowest BCUT2D eigenvalue weighted by Crippen LogP contribution is -2.42. The van der Waals surface area contributed by atoms with Crippen LogP contribution in [0.25, 0.3) is 32.7 Å². The topological polar surface area (TPSA) is 117 Å². The average molecular weight is 1020 g/mol. The van der Waals surface area contributed by atoms with Crippen LogP contribution in [0.15, 0.2) is 114 Å². The minimum atomic E-state index is -2.68. The summed E-state index contributed by atoms with van der Waals surface area (Å²) in [7, 11) is -0.369. The number of amides is 4. The minimum Gasteiger partial charge on any atom is -0.399 e. The number of halogens is 5. The van der Waals surface area contributed by atoms with Gasteiger partial charge in [0.25, 0.3) is 35.5 Å². The summed E-state index contributed by atoms with van der Waals surface area (Å²) in [6.07, 6.45) is -1.08. The molecule has 362 valence electrons. The average Bonchev–Trinajstić information content (AvgIpc) is 3.97. The number of fused-ring (bicyclic) bond motifs is 4. The van der Waals surface area contributed by atoms with Crippen LogP contribution in [0.2, 0.25) is 0 Å². The molecule has 0 radical (unpaired) electrons. The van der Waals surface area contributed by atoms with Crippen molar-refractivity contribution in [3.05, 3.63) is 147 Å². The lowest BCUT2D eigenvalue weighted by atomic mass is 9.78. The highest BCUT2D eigenvalue weighted by molar-refractivity contribution is 9.10. The molecule has 0 aromatic heterocycles. The van der Waals surface area contributed by atoms with Crippen LogP contribution in [0, 0.1) is 0 Å². The molecule has 0 spiro atoms. The van der Waals surface area contributed by atoms with Crippen molar-refractivity contribution in [2.45, 2.75) is 89.5 Å². The monoisotopic (exact) mass is 1020 g/mol. The van der Waals surface area contributed by atoms with Crippen molar-refractivity contribution in [2.75, 3.05) is 26.2 Å². The first-order chi connectivity index (χ1) is 33.2. The molecular weight excluding hydrogens is 967 g/mol. The number of nitrogens with one attached hydrogen (secondary N) is 2. The van der Waals surface area contributed by atoms with Gasteiger partial charge in [-0.2, -0.15) is 0 Å². The summed E-state index contributed by atoms with van der Waals surface area (Å²) in [5.41, 5.74) is 6.81. The largest absolute Gasteiger partial charge is 0.494 e. The van der Waals surface area contributed by atoms with Crippen molar-refractivity contribution in [3.8, 4) is 11.1 Å². The second kappa shape index (κ2) is 18.9. The van der Waals surface area contributed by atoms with Crippen LogP contribution in [0.1, 0.15) is 106 Å². The van der Waals surface area contributed by atoms with E-state index in [2.05, 4.69) is 26.6 Å². The number of hydrogen-bond donors (Lipinski definition) is 2. The van der Waals surface area contributed by atoms with Gasteiger partial charge in [-0.15, -0.1) is 0 Å². The van der Waals surface area contributed by atoms with Gasteiger partial charge < -0.3 is 29.7 Å². The number of likely N-dealkylation sites (tertiary alicyclic amines) is 2. The van der Waals surface area contributed by atoms with E-state index in [1.165, 1.54) is 9.80 Å². The standard InChI is InChI=1S/C24H20F2N2O2.C16H14BrF2NO.C14H18BNO3/c25-24(26)8-10-28(11-9-24)23(30)17-5-6-20-15(12-17)2-1-3-19(20)16-4-7-21-18(13-16)14-27-22(21)29;17-14-3-1-2-11-10-12(4-5-13(11)14)15(21)20-8-6-16(18,19)7-9-20;1-13(2)14(3,4)19-15(18-13)10-5-6-11-9(7-10)8-16-12(11)17/h1-7,12-13H,8-11,14H2,(H,27,29);1-5,10H,6-9H2;5-7H,8H2,1-4H3,(H,16,17). The van der Waals surface area contributed by atoms with Crippen LogP contribution in [-0.4, -0.2) is 89.8 Å². The molecule has 16 heteroatoms. The Kier molecular flexibility index (Phi) is 13.2. The summed E-state index contributed by atoms with van der Waals surface area (Å²) in [5, 5.41) is 9.54. The number of rotatable bonds is 4. The fourth-order valence-corrected chi connectivity index (χ4v) is 9.78. The predicted molar refractivity (Wildman–Crippen MR) is 266 cm³/mol. The molecule has 3 fully saturated rings. The third-order valence-corrected chi connectivity index (χ3v) is 14.9. The molecule has 6 aromatic carbocycles. The van der Waals surface area contributed by atoms with Gasteiger partial charge in [0, 0.05) is 91.7 Å². The number of nitrogens with zero attached hydrogens (tertiary/aromatic N) is 2. The van der Waals surface area contributed by atoms with Crippen LogP contribution in [0.4, 0.5) is 17.6 Å². The van der Waals surface area contributed by atoms with Crippen molar-refractivity contribution in [3.63, 3.8) is 0 Å². The number of alkyl halides is 4. The third-order valence-electron chi connectivity index (χ3n) is 14.2. The van der Waals surface area contributed by atoms with E-state index in [1.54, 1.807) is 12.1 Å². The van der Waals surface area contributed by atoms with Gasteiger partial charge in [0.1, 0.15) is 0 Å². The highest BCUT2D eigenvalue weighted by Crippen LogP contribution is 2.37. The van der Waals surface area contributed by atoms with E-state index < -0.39 is 11.8 Å². The third kappa shape index (κ3) is 10.1. The number of hydrogen-bond acceptors (Lipinski definition) is 6. The molecule has 6 aromatic rings. The molecule has 0 unspecified atom stereocenters. The molecule has 0 aliphatic carbocycles. The zero-order chi connectivity index (χ0) is 49.8. The second-order valence-corrected chi connectivity index (χ2v) is 20.3. The minimum absolute atomic E-state index is 0.00420. The molecule has 5 aliphatic heterocycles. The normalized spacial score (nSPS) is 19.3. The maximum Gasteiger partial charge on any atom is 0.494 e. The van der Waals surface area contributed by atoms with Gasteiger partial charge in [-0.25, -0.2) is 17.6 Å². The summed E-state index contributed by atoms with van der Waals surface area (Å²) in [6.45, 7) is 9.62. The van der Waals surface area contributed by atoms with Crippen LogP contribution in [0.3, 0.4) is 0 Å². The quantitative estimate of drug-likeness (QED) is 0.134. The second-order valence-electron chi connectivity index (χ2n) is 19.5. The molecule has 5 aliphatic rings. The van der Waals surface area contributed by atoms with Crippen LogP contribution in [0.5, 0.6) is 0 Å². The van der Waals surface area contributed by atoms with Crippen LogP contribution >= 0.6 is 15.9 Å². The Labute approximate surface area is 412 Å². The molecule has 10 nitrogen and oxygen atoms in total. The molecule has 5 heterocycles. The van der Waals surface area contributed by atoms with Gasteiger partial charge in [-0.1, -0.05) is 76.6 Å². The van der Waals surface area contributed by atoms with E-state index in [-0.39, 0.29) is 93.8 Å². The lowest BCUT2D eigenvalue weighted by molar-refractivity contribution is -0.0503. The molecule has 0 saturated carbocycles. The highest BCUT2D eigenvalue weighted by atomic mass is 79.9. The summed E-state index contributed by atoms with van der Waals surface area (Å²) in [5.74, 6) is -5.74. The Morgan fingerprint density at radius 3 is 1.59 bits per heavy atom. The predicted octanol–water partition coefficient (Wildman–Crippen LogP) is 10.3. The fourth-order valence-electron chi connectivity index (χ4n) is 9.26. The zero-order valence-electron chi connectivity index (χ0n) is 39.3. The smallest absolute Gasteiger partial charge is 0.399 e. The van der Waals surface area contributed by atoms with E-state index in [4.69, 9.17) is 9.31 Å². The molecule has 4 amide bonds. The Morgan fingerprint density at radius 1 is 0.571 bits per heavy atom. The van der Waals surface area contributed by atoms with E-state index in [0.717, 1.165) is 59.3 Å². The van der Waals surface area contributed by atoms with Gasteiger partial charge in [-0.05, 0) is 125 Å². The van der Waals surface area contributed by atoms with E-state index in [9.17, 15) is 36.7 Å². The Hall–Kier alpha value is -6.10. The molecule has 0 atom stereocenters. The first-order valence-electron chi connectivity index (χ1n) is 23.4. The van der Waals surface area contributed by atoms with Gasteiger partial charge in [0.15, 0.2) is 0 Å². The highest BCUT2D eigenvalue weighted by Gasteiger charge is 2.52. The number of piperidine rings is 2. The van der Waals surface area contributed by atoms with Crippen molar-refractivity contribution in [1.29, 1.82) is 0 Å². The first-order valence-corrected chi connectivity index (χ1v) is 24.2. The van der Waals surface area contributed by atoms with E-state index in [0.29, 0.717) is 29.8 Å². The Balaban J connectivity index is 0.000000135. The van der Waals surface area contributed by atoms with Crippen molar-refractivity contribution >= 4 is 73.7 Å². The SMILES string of the molecule is CC1(C)OB(c2ccc3c(c2)CNC3=O)OC1(C)C.O=C(c1ccc2c(Br)cccc2c1)N1CCC(F)(F)CC1.O=C1NCc2cc(-c3cccc4cc(C(=O)N5CCC(F)(F)CC5)ccc34)ccc21. The summed E-state index contributed by atoms with van der Waals surface area (Å²) < 4.78 is 66.1. The van der Waals surface area contributed by atoms with Crippen molar-refractivity contribution in [2.24, 2.45) is 0 Å². The van der Waals surface area contributed by atoms with Crippen molar-refractivity contribution in [1.82, 2.24) is 20.4 Å². The van der Waals surface area contributed by atoms with Gasteiger partial charge in [0.2, 0.25) is 0 Å². The Morgan fingerprint density at radius 2 is 1.04 bits per heavy atom. The van der Waals surface area contributed by atoms with Gasteiger partial charge >= 0.3 is 7.12 Å². The molecule has 3 saturated heterocycles.